The lowest BCUT2D eigenvalue weighted by Gasteiger charge is -2.16. The SMILES string of the molecule is CCC(CC#N)Nc1c(F)cc(F)cc1F. The third-order valence-electron chi connectivity index (χ3n) is 2.19. The molecule has 0 radical (unpaired) electrons. The zero-order valence-electron chi connectivity index (χ0n) is 8.73. The Balaban J connectivity index is 2.92. The number of anilines is 1. The summed E-state index contributed by atoms with van der Waals surface area (Å²) in [6.07, 6.45) is 0.677. The van der Waals surface area contributed by atoms with Gasteiger partial charge in [-0.3, -0.25) is 0 Å². The molecule has 1 unspecified atom stereocenters. The number of nitrogens with zero attached hydrogens (tertiary/aromatic N) is 1. The molecule has 0 saturated heterocycles. The standard InChI is InChI=1S/C11H11F3N2/c1-2-8(3-4-15)16-11-9(13)5-7(12)6-10(11)14/h5-6,8,16H,2-3H2,1H3. The van der Waals surface area contributed by atoms with E-state index in [4.69, 9.17) is 5.26 Å². The summed E-state index contributed by atoms with van der Waals surface area (Å²) in [5.74, 6) is -2.95. The summed E-state index contributed by atoms with van der Waals surface area (Å²) in [4.78, 5) is 0. The number of halogens is 3. The Hall–Kier alpha value is -1.70. The van der Waals surface area contributed by atoms with Gasteiger partial charge in [-0.25, -0.2) is 13.2 Å². The minimum absolute atomic E-state index is 0.132. The maximum atomic E-state index is 13.2. The molecule has 1 N–H and O–H groups in total. The minimum Gasteiger partial charge on any atom is -0.377 e. The van der Waals surface area contributed by atoms with E-state index in [2.05, 4.69) is 5.32 Å². The number of rotatable bonds is 4. The second-order valence-corrected chi connectivity index (χ2v) is 3.36. The van der Waals surface area contributed by atoms with E-state index in [1.165, 1.54) is 0 Å². The molecule has 86 valence electrons. The zero-order valence-corrected chi connectivity index (χ0v) is 8.73. The van der Waals surface area contributed by atoms with Gasteiger partial charge < -0.3 is 5.32 Å². The van der Waals surface area contributed by atoms with Crippen molar-refractivity contribution in [3.63, 3.8) is 0 Å². The molecule has 5 heteroatoms. The molecular weight excluding hydrogens is 217 g/mol. The van der Waals surface area contributed by atoms with Crippen molar-refractivity contribution in [3.8, 4) is 6.07 Å². The Labute approximate surface area is 91.7 Å². The number of benzene rings is 1. The molecule has 0 spiro atoms. The van der Waals surface area contributed by atoms with Gasteiger partial charge in [-0.05, 0) is 6.42 Å². The summed E-state index contributed by atoms with van der Waals surface area (Å²) in [6.45, 7) is 1.79. The highest BCUT2D eigenvalue weighted by Gasteiger charge is 2.14. The normalized spacial score (nSPS) is 11.9. The molecule has 0 aromatic heterocycles. The van der Waals surface area contributed by atoms with E-state index in [0.717, 1.165) is 0 Å². The van der Waals surface area contributed by atoms with Crippen LogP contribution in [-0.4, -0.2) is 6.04 Å². The molecule has 2 nitrogen and oxygen atoms in total. The van der Waals surface area contributed by atoms with Crippen LogP contribution >= 0.6 is 0 Å². The van der Waals surface area contributed by atoms with Crippen molar-refractivity contribution in [2.75, 3.05) is 5.32 Å². The summed E-state index contributed by atoms with van der Waals surface area (Å²) in [5, 5.41) is 11.0. The summed E-state index contributed by atoms with van der Waals surface area (Å²) in [7, 11) is 0. The van der Waals surface area contributed by atoms with Crippen molar-refractivity contribution in [3.05, 3.63) is 29.6 Å². The van der Waals surface area contributed by atoms with E-state index < -0.39 is 17.5 Å². The quantitative estimate of drug-likeness (QED) is 0.858. The average Bonchev–Trinajstić information content (AvgIpc) is 2.21. The highest BCUT2D eigenvalue weighted by atomic mass is 19.1. The minimum atomic E-state index is -0.992. The van der Waals surface area contributed by atoms with Crippen LogP contribution in [0.5, 0.6) is 0 Å². The fourth-order valence-electron chi connectivity index (χ4n) is 1.29. The molecule has 0 heterocycles. The molecule has 16 heavy (non-hydrogen) atoms. The van der Waals surface area contributed by atoms with Gasteiger partial charge in [0.25, 0.3) is 0 Å². The molecule has 0 aliphatic carbocycles. The smallest absolute Gasteiger partial charge is 0.152 e. The third-order valence-corrected chi connectivity index (χ3v) is 2.19. The Morgan fingerprint density at radius 2 is 1.88 bits per heavy atom. The van der Waals surface area contributed by atoms with Crippen LogP contribution in [0, 0.1) is 28.8 Å². The molecule has 0 aliphatic heterocycles. The molecule has 0 saturated carbocycles. The van der Waals surface area contributed by atoms with Gasteiger partial charge in [0.2, 0.25) is 0 Å². The Morgan fingerprint density at radius 3 is 2.31 bits per heavy atom. The van der Waals surface area contributed by atoms with E-state index in [1.807, 2.05) is 6.07 Å². The van der Waals surface area contributed by atoms with Crippen molar-refractivity contribution in [1.29, 1.82) is 5.26 Å². The first-order valence-electron chi connectivity index (χ1n) is 4.86. The van der Waals surface area contributed by atoms with Crippen LogP contribution in [0.15, 0.2) is 12.1 Å². The van der Waals surface area contributed by atoms with Gasteiger partial charge in [-0.15, -0.1) is 0 Å². The van der Waals surface area contributed by atoms with Crippen molar-refractivity contribution in [2.24, 2.45) is 0 Å². The predicted octanol–water partition coefficient (Wildman–Crippen LogP) is 3.21. The second-order valence-electron chi connectivity index (χ2n) is 3.36. The monoisotopic (exact) mass is 228 g/mol. The lowest BCUT2D eigenvalue weighted by atomic mass is 10.1. The van der Waals surface area contributed by atoms with Crippen molar-refractivity contribution in [1.82, 2.24) is 0 Å². The van der Waals surface area contributed by atoms with Gasteiger partial charge >= 0.3 is 0 Å². The van der Waals surface area contributed by atoms with E-state index >= 15 is 0 Å². The molecule has 1 rings (SSSR count). The highest BCUT2D eigenvalue weighted by molar-refractivity contribution is 5.47. The Bertz CT molecular complexity index is 389. The van der Waals surface area contributed by atoms with Crippen LogP contribution in [0.1, 0.15) is 19.8 Å². The fourth-order valence-corrected chi connectivity index (χ4v) is 1.29. The summed E-state index contributed by atoms with van der Waals surface area (Å²) >= 11 is 0. The Morgan fingerprint density at radius 1 is 1.31 bits per heavy atom. The first kappa shape index (κ1) is 12.4. The Kier molecular flexibility index (Phi) is 4.18. The summed E-state index contributed by atoms with van der Waals surface area (Å²) in [5.41, 5.74) is -0.386. The van der Waals surface area contributed by atoms with Crippen molar-refractivity contribution >= 4 is 5.69 Å². The van der Waals surface area contributed by atoms with E-state index in [0.29, 0.717) is 18.6 Å². The second kappa shape index (κ2) is 5.40. The van der Waals surface area contributed by atoms with Gasteiger partial charge in [0, 0.05) is 18.2 Å². The van der Waals surface area contributed by atoms with Crippen LogP contribution in [0.2, 0.25) is 0 Å². The average molecular weight is 228 g/mol. The molecule has 1 aromatic carbocycles. The molecule has 1 atom stereocenters. The lowest BCUT2D eigenvalue weighted by molar-refractivity contribution is 0.542. The number of hydrogen-bond acceptors (Lipinski definition) is 2. The van der Waals surface area contributed by atoms with Crippen LogP contribution in [-0.2, 0) is 0 Å². The van der Waals surface area contributed by atoms with Crippen LogP contribution in [0.3, 0.4) is 0 Å². The van der Waals surface area contributed by atoms with Crippen molar-refractivity contribution < 1.29 is 13.2 Å². The van der Waals surface area contributed by atoms with E-state index in [-0.39, 0.29) is 18.2 Å². The third kappa shape index (κ3) is 2.89. The molecule has 1 aromatic rings. The summed E-state index contributed by atoms with van der Waals surface area (Å²) in [6, 6.07) is 2.76. The summed E-state index contributed by atoms with van der Waals surface area (Å²) < 4.78 is 39.1. The number of nitriles is 1. The molecule has 0 fully saturated rings. The van der Waals surface area contributed by atoms with Crippen molar-refractivity contribution in [2.45, 2.75) is 25.8 Å². The largest absolute Gasteiger partial charge is 0.377 e. The highest BCUT2D eigenvalue weighted by Crippen LogP contribution is 2.22. The van der Waals surface area contributed by atoms with Crippen LogP contribution < -0.4 is 5.32 Å². The topological polar surface area (TPSA) is 35.8 Å². The maximum absolute atomic E-state index is 13.2. The molecule has 0 aliphatic rings. The van der Waals surface area contributed by atoms with Crippen LogP contribution in [0.4, 0.5) is 18.9 Å². The van der Waals surface area contributed by atoms with Gasteiger partial charge in [-0.2, -0.15) is 5.26 Å². The van der Waals surface area contributed by atoms with Crippen LogP contribution in [0.25, 0.3) is 0 Å². The van der Waals surface area contributed by atoms with E-state index in [1.54, 1.807) is 6.92 Å². The number of hydrogen-bond donors (Lipinski definition) is 1. The molecular formula is C11H11F3N2. The van der Waals surface area contributed by atoms with E-state index in [9.17, 15) is 13.2 Å². The van der Waals surface area contributed by atoms with Gasteiger partial charge in [0.1, 0.15) is 11.5 Å². The van der Waals surface area contributed by atoms with Gasteiger partial charge in [0.15, 0.2) is 11.6 Å². The first-order valence-corrected chi connectivity index (χ1v) is 4.86. The fraction of sp³-hybridized carbons (Fsp3) is 0.364. The zero-order chi connectivity index (χ0) is 12.1. The lowest BCUT2D eigenvalue weighted by Crippen LogP contribution is -2.19. The predicted molar refractivity (Wildman–Crippen MR) is 54.2 cm³/mol. The van der Waals surface area contributed by atoms with Gasteiger partial charge in [0.05, 0.1) is 12.5 Å². The first-order chi connectivity index (χ1) is 7.58. The molecule has 0 amide bonds. The maximum Gasteiger partial charge on any atom is 0.152 e. The molecule has 0 bridgehead atoms. The van der Waals surface area contributed by atoms with Gasteiger partial charge in [-0.1, -0.05) is 6.92 Å². The number of nitrogens with one attached hydrogen (secondary N) is 1.